The van der Waals surface area contributed by atoms with E-state index in [4.69, 9.17) is 0 Å². The van der Waals surface area contributed by atoms with Gasteiger partial charge in [0.1, 0.15) is 5.82 Å². The Hall–Kier alpha value is -3.15. The number of carbonyl (C=O) groups is 1. The minimum Gasteiger partial charge on any atom is -0.361 e. The summed E-state index contributed by atoms with van der Waals surface area (Å²) < 4.78 is 14.9. The smallest absolute Gasteiger partial charge is 0.253 e. The maximum Gasteiger partial charge on any atom is 0.253 e. The first-order chi connectivity index (χ1) is 13.0. The molecule has 0 saturated heterocycles. The Morgan fingerprint density at radius 2 is 1.93 bits per heavy atom. The van der Waals surface area contributed by atoms with Gasteiger partial charge in [0.05, 0.1) is 18.8 Å². The van der Waals surface area contributed by atoms with Crippen molar-refractivity contribution in [2.24, 2.45) is 0 Å². The lowest BCUT2D eigenvalue weighted by Crippen LogP contribution is -2.22. The third-order valence-electron chi connectivity index (χ3n) is 4.75. The largest absolute Gasteiger partial charge is 0.361 e. The van der Waals surface area contributed by atoms with Crippen LogP contribution in [0.4, 0.5) is 10.1 Å². The Morgan fingerprint density at radius 3 is 2.63 bits per heavy atom. The summed E-state index contributed by atoms with van der Waals surface area (Å²) in [5, 5.41) is 4.68. The fraction of sp³-hybridized carbons (Fsp3) is 0.238. The van der Waals surface area contributed by atoms with Crippen LogP contribution in [0.5, 0.6) is 0 Å². The molecule has 4 rings (SSSR count). The van der Waals surface area contributed by atoms with Gasteiger partial charge < -0.3 is 9.80 Å². The van der Waals surface area contributed by atoms with Gasteiger partial charge in [0.25, 0.3) is 5.91 Å². The van der Waals surface area contributed by atoms with Crippen molar-refractivity contribution in [2.45, 2.75) is 19.6 Å². The van der Waals surface area contributed by atoms with Crippen LogP contribution in [-0.2, 0) is 19.6 Å². The summed E-state index contributed by atoms with van der Waals surface area (Å²) in [4.78, 5) is 16.0. The van der Waals surface area contributed by atoms with Crippen molar-refractivity contribution in [1.29, 1.82) is 0 Å². The molecule has 0 bridgehead atoms. The Morgan fingerprint density at radius 1 is 1.15 bits per heavy atom. The van der Waals surface area contributed by atoms with Crippen LogP contribution in [-0.4, -0.2) is 34.7 Å². The van der Waals surface area contributed by atoms with Gasteiger partial charge in [0.2, 0.25) is 0 Å². The standard InChI is InChI=1S/C21H21FN4O/c1-24(2)21(27)16-4-3-5-19(10-16)25-12-17-13-26(23-20(17)14-25)11-15-6-8-18(22)9-7-15/h3-10,13H,11-12,14H2,1-2H3. The summed E-state index contributed by atoms with van der Waals surface area (Å²) in [5.74, 6) is -0.231. The number of carbonyl (C=O) groups excluding carboxylic acids is 1. The zero-order valence-electron chi connectivity index (χ0n) is 15.4. The van der Waals surface area contributed by atoms with E-state index in [1.807, 2.05) is 35.1 Å². The van der Waals surface area contributed by atoms with Gasteiger partial charge in [0.15, 0.2) is 0 Å². The summed E-state index contributed by atoms with van der Waals surface area (Å²) in [6, 6.07) is 14.2. The van der Waals surface area contributed by atoms with Gasteiger partial charge in [-0.2, -0.15) is 5.10 Å². The number of hydrogen-bond donors (Lipinski definition) is 0. The molecular formula is C21H21FN4O. The van der Waals surface area contributed by atoms with Crippen molar-refractivity contribution in [1.82, 2.24) is 14.7 Å². The predicted octanol–water partition coefficient (Wildman–Crippen LogP) is 3.29. The summed E-state index contributed by atoms with van der Waals surface area (Å²) in [7, 11) is 3.51. The Labute approximate surface area is 157 Å². The van der Waals surface area contributed by atoms with Crippen LogP contribution in [0, 0.1) is 5.82 Å². The van der Waals surface area contributed by atoms with Crippen LogP contribution >= 0.6 is 0 Å². The third kappa shape index (κ3) is 3.56. The summed E-state index contributed by atoms with van der Waals surface area (Å²) in [6.45, 7) is 2.10. The number of aromatic nitrogens is 2. The fourth-order valence-corrected chi connectivity index (χ4v) is 3.34. The summed E-state index contributed by atoms with van der Waals surface area (Å²) in [5.41, 5.74) is 4.95. The van der Waals surface area contributed by atoms with Crippen LogP contribution in [0.1, 0.15) is 27.2 Å². The zero-order chi connectivity index (χ0) is 19.0. The molecule has 1 aromatic heterocycles. The fourth-order valence-electron chi connectivity index (χ4n) is 3.34. The van der Waals surface area contributed by atoms with Crippen molar-refractivity contribution in [3.05, 3.63) is 82.9 Å². The van der Waals surface area contributed by atoms with Crippen LogP contribution in [0.25, 0.3) is 0 Å². The molecule has 0 aliphatic carbocycles. The van der Waals surface area contributed by atoms with E-state index in [2.05, 4.69) is 10.00 Å². The van der Waals surface area contributed by atoms with E-state index in [1.54, 1.807) is 31.1 Å². The SMILES string of the molecule is CN(C)C(=O)c1cccc(N2Cc3cn(Cc4ccc(F)cc4)nc3C2)c1. The molecule has 1 amide bonds. The number of anilines is 1. The van der Waals surface area contributed by atoms with Gasteiger partial charge in [0, 0.05) is 43.7 Å². The van der Waals surface area contributed by atoms with E-state index in [0.29, 0.717) is 18.7 Å². The molecule has 27 heavy (non-hydrogen) atoms. The number of hydrogen-bond acceptors (Lipinski definition) is 3. The lowest BCUT2D eigenvalue weighted by Gasteiger charge is -2.19. The average Bonchev–Trinajstić information content (AvgIpc) is 3.21. The van der Waals surface area contributed by atoms with Crippen LogP contribution in [0.3, 0.4) is 0 Å². The molecule has 1 aliphatic heterocycles. The lowest BCUT2D eigenvalue weighted by atomic mass is 10.1. The molecule has 5 nitrogen and oxygen atoms in total. The topological polar surface area (TPSA) is 41.4 Å². The summed E-state index contributed by atoms with van der Waals surface area (Å²) in [6.07, 6.45) is 2.05. The molecule has 0 radical (unpaired) electrons. The highest BCUT2D eigenvalue weighted by Crippen LogP contribution is 2.28. The van der Waals surface area contributed by atoms with Crippen molar-refractivity contribution in [2.75, 3.05) is 19.0 Å². The van der Waals surface area contributed by atoms with Gasteiger partial charge in [-0.05, 0) is 35.9 Å². The first-order valence-electron chi connectivity index (χ1n) is 8.86. The highest BCUT2D eigenvalue weighted by atomic mass is 19.1. The van der Waals surface area contributed by atoms with Crippen molar-refractivity contribution in [3.8, 4) is 0 Å². The van der Waals surface area contributed by atoms with E-state index in [1.165, 1.54) is 17.7 Å². The molecule has 2 aromatic carbocycles. The number of rotatable bonds is 4. The normalized spacial score (nSPS) is 12.9. The van der Waals surface area contributed by atoms with E-state index in [-0.39, 0.29) is 11.7 Å². The van der Waals surface area contributed by atoms with Gasteiger partial charge >= 0.3 is 0 Å². The first-order valence-corrected chi connectivity index (χ1v) is 8.86. The molecule has 0 spiro atoms. The molecule has 0 unspecified atom stereocenters. The molecule has 3 aromatic rings. The third-order valence-corrected chi connectivity index (χ3v) is 4.75. The van der Waals surface area contributed by atoms with Crippen LogP contribution < -0.4 is 4.90 Å². The van der Waals surface area contributed by atoms with E-state index >= 15 is 0 Å². The second kappa shape index (κ2) is 6.87. The molecule has 0 atom stereocenters. The van der Waals surface area contributed by atoms with Gasteiger partial charge in [-0.1, -0.05) is 18.2 Å². The first kappa shape index (κ1) is 17.3. The Kier molecular flexibility index (Phi) is 4.39. The number of nitrogens with zero attached hydrogens (tertiary/aromatic N) is 4. The van der Waals surface area contributed by atoms with Crippen LogP contribution in [0.2, 0.25) is 0 Å². The Balaban J connectivity index is 1.47. The highest BCUT2D eigenvalue weighted by molar-refractivity contribution is 5.94. The number of halogens is 1. The molecule has 138 valence electrons. The monoisotopic (exact) mass is 364 g/mol. The number of fused-ring (bicyclic) bond motifs is 1. The van der Waals surface area contributed by atoms with Gasteiger partial charge in [-0.25, -0.2) is 4.39 Å². The van der Waals surface area contributed by atoms with E-state index in [9.17, 15) is 9.18 Å². The average molecular weight is 364 g/mol. The number of benzene rings is 2. The van der Waals surface area contributed by atoms with Crippen LogP contribution in [0.15, 0.2) is 54.7 Å². The molecule has 6 heteroatoms. The minimum atomic E-state index is -0.229. The van der Waals surface area contributed by atoms with Crippen molar-refractivity contribution >= 4 is 11.6 Å². The van der Waals surface area contributed by atoms with Crippen molar-refractivity contribution < 1.29 is 9.18 Å². The maximum absolute atomic E-state index is 13.0. The maximum atomic E-state index is 13.0. The molecular weight excluding hydrogens is 343 g/mol. The molecule has 1 aliphatic rings. The van der Waals surface area contributed by atoms with Gasteiger partial charge in [-0.3, -0.25) is 9.48 Å². The van der Waals surface area contributed by atoms with E-state index in [0.717, 1.165) is 23.5 Å². The molecule has 0 N–H and O–H groups in total. The van der Waals surface area contributed by atoms with Crippen molar-refractivity contribution in [3.63, 3.8) is 0 Å². The Bertz CT molecular complexity index is 955. The second-order valence-corrected chi connectivity index (χ2v) is 7.03. The lowest BCUT2D eigenvalue weighted by molar-refractivity contribution is 0.0827. The molecule has 2 heterocycles. The predicted molar refractivity (Wildman–Crippen MR) is 102 cm³/mol. The second-order valence-electron chi connectivity index (χ2n) is 7.03. The quantitative estimate of drug-likeness (QED) is 0.713. The molecule has 0 saturated carbocycles. The minimum absolute atomic E-state index is 0.00160. The zero-order valence-corrected chi connectivity index (χ0v) is 15.4. The highest BCUT2D eigenvalue weighted by Gasteiger charge is 2.23. The summed E-state index contributed by atoms with van der Waals surface area (Å²) >= 11 is 0. The molecule has 0 fully saturated rings. The van der Waals surface area contributed by atoms with E-state index < -0.39 is 0 Å². The number of amides is 1. The van der Waals surface area contributed by atoms with Gasteiger partial charge in [-0.15, -0.1) is 0 Å².